The van der Waals surface area contributed by atoms with Crippen LogP contribution in [0.2, 0.25) is 0 Å². The Morgan fingerprint density at radius 1 is 0.889 bits per heavy atom. The van der Waals surface area contributed by atoms with E-state index in [2.05, 4.69) is 75.0 Å². The Morgan fingerprint density at radius 3 is 2.11 bits per heavy atom. The highest BCUT2D eigenvalue weighted by Crippen LogP contribution is 2.21. The smallest absolute Gasteiger partial charge is 0.0190 e. The minimum absolute atomic E-state index is 1.05. The van der Waals surface area contributed by atoms with E-state index in [1.54, 1.807) is 0 Å². The molecule has 0 fully saturated rings. The third-order valence-electron chi connectivity index (χ3n) is 3.04. The van der Waals surface area contributed by atoms with Crippen molar-refractivity contribution in [1.29, 1.82) is 0 Å². The standard InChI is InChI=1S/C18H18/c1-14-9-11-18(12-10-14)16(3)13-15(2)17-7-5-4-6-8-17/h4-13H,3H2,1-2H3/b15-13+. The fourth-order valence-electron chi connectivity index (χ4n) is 1.90. The van der Waals surface area contributed by atoms with Gasteiger partial charge in [0.05, 0.1) is 0 Å². The molecular weight excluding hydrogens is 216 g/mol. The van der Waals surface area contributed by atoms with Gasteiger partial charge in [0.1, 0.15) is 0 Å². The van der Waals surface area contributed by atoms with Crippen molar-refractivity contribution in [2.75, 3.05) is 0 Å². The Hall–Kier alpha value is -2.08. The predicted octanol–water partition coefficient (Wildman–Crippen LogP) is 5.11. The summed E-state index contributed by atoms with van der Waals surface area (Å²) in [4.78, 5) is 0. The van der Waals surface area contributed by atoms with Gasteiger partial charge in [0, 0.05) is 0 Å². The number of allylic oxidation sites excluding steroid dienone is 3. The minimum Gasteiger partial charge on any atom is -0.0911 e. The molecule has 0 saturated heterocycles. The number of aryl methyl sites for hydroxylation is 1. The first-order chi connectivity index (χ1) is 8.66. The molecule has 0 heteroatoms. The Balaban J connectivity index is 2.23. The van der Waals surface area contributed by atoms with Crippen molar-refractivity contribution in [3.8, 4) is 0 Å². The molecule has 0 unspecified atom stereocenters. The van der Waals surface area contributed by atoms with Crippen LogP contribution in [0.5, 0.6) is 0 Å². The third kappa shape index (κ3) is 2.98. The molecule has 0 radical (unpaired) electrons. The Labute approximate surface area is 109 Å². The molecule has 90 valence electrons. The summed E-state index contributed by atoms with van der Waals surface area (Å²) in [5, 5.41) is 0. The average molecular weight is 234 g/mol. The van der Waals surface area contributed by atoms with Crippen LogP contribution in [0.3, 0.4) is 0 Å². The molecule has 0 saturated carbocycles. The molecule has 0 aromatic heterocycles. The van der Waals surface area contributed by atoms with Crippen molar-refractivity contribution in [2.24, 2.45) is 0 Å². The van der Waals surface area contributed by atoms with Crippen molar-refractivity contribution >= 4 is 11.1 Å². The summed E-state index contributed by atoms with van der Waals surface area (Å²) in [6, 6.07) is 18.9. The largest absolute Gasteiger partial charge is 0.0911 e. The van der Waals surface area contributed by atoms with E-state index in [9.17, 15) is 0 Å². The summed E-state index contributed by atoms with van der Waals surface area (Å²) >= 11 is 0. The average Bonchev–Trinajstić information content (AvgIpc) is 2.40. The van der Waals surface area contributed by atoms with Crippen LogP contribution in [0.15, 0.2) is 67.3 Å². The van der Waals surface area contributed by atoms with Gasteiger partial charge in [0.2, 0.25) is 0 Å². The normalized spacial score (nSPS) is 11.3. The monoisotopic (exact) mass is 234 g/mol. The van der Waals surface area contributed by atoms with Crippen molar-refractivity contribution in [3.63, 3.8) is 0 Å². The van der Waals surface area contributed by atoms with Gasteiger partial charge in [-0.2, -0.15) is 0 Å². The molecule has 2 aromatic carbocycles. The van der Waals surface area contributed by atoms with Crippen LogP contribution in [0, 0.1) is 6.92 Å². The second kappa shape index (κ2) is 5.50. The zero-order chi connectivity index (χ0) is 13.0. The van der Waals surface area contributed by atoms with E-state index in [0.29, 0.717) is 0 Å². The Morgan fingerprint density at radius 2 is 1.50 bits per heavy atom. The quantitative estimate of drug-likeness (QED) is 0.647. The van der Waals surface area contributed by atoms with E-state index in [4.69, 9.17) is 0 Å². The first kappa shape index (κ1) is 12.4. The summed E-state index contributed by atoms with van der Waals surface area (Å²) in [5.74, 6) is 0. The van der Waals surface area contributed by atoms with Crippen molar-refractivity contribution < 1.29 is 0 Å². The van der Waals surface area contributed by atoms with Crippen molar-refractivity contribution in [1.82, 2.24) is 0 Å². The van der Waals surface area contributed by atoms with Gasteiger partial charge in [-0.15, -0.1) is 0 Å². The summed E-state index contributed by atoms with van der Waals surface area (Å²) in [7, 11) is 0. The Bertz CT molecular complexity index is 557. The first-order valence-electron chi connectivity index (χ1n) is 6.16. The molecule has 2 rings (SSSR count). The van der Waals surface area contributed by atoms with Gasteiger partial charge in [-0.3, -0.25) is 0 Å². The van der Waals surface area contributed by atoms with Gasteiger partial charge < -0.3 is 0 Å². The highest BCUT2D eigenvalue weighted by Gasteiger charge is 1.98. The van der Waals surface area contributed by atoms with Gasteiger partial charge in [-0.25, -0.2) is 0 Å². The fourth-order valence-corrected chi connectivity index (χ4v) is 1.90. The molecule has 0 N–H and O–H groups in total. The molecule has 0 nitrogen and oxygen atoms in total. The topological polar surface area (TPSA) is 0 Å². The van der Waals surface area contributed by atoms with Gasteiger partial charge in [-0.1, -0.05) is 72.8 Å². The van der Waals surface area contributed by atoms with Crippen molar-refractivity contribution in [2.45, 2.75) is 13.8 Å². The van der Waals surface area contributed by atoms with Gasteiger partial charge >= 0.3 is 0 Å². The molecule has 18 heavy (non-hydrogen) atoms. The highest BCUT2D eigenvalue weighted by molar-refractivity contribution is 5.82. The molecule has 0 spiro atoms. The van der Waals surface area contributed by atoms with E-state index in [1.807, 2.05) is 6.07 Å². The summed E-state index contributed by atoms with van der Waals surface area (Å²) in [6.07, 6.45) is 2.14. The van der Waals surface area contributed by atoms with Gasteiger partial charge in [0.15, 0.2) is 0 Å². The van der Waals surface area contributed by atoms with E-state index in [1.165, 1.54) is 22.3 Å². The zero-order valence-corrected chi connectivity index (χ0v) is 11.0. The van der Waals surface area contributed by atoms with Crippen LogP contribution in [0.4, 0.5) is 0 Å². The molecule has 0 bridgehead atoms. The lowest BCUT2D eigenvalue weighted by molar-refractivity contribution is 1.45. The molecule has 2 aromatic rings. The van der Waals surface area contributed by atoms with Crippen LogP contribution in [-0.2, 0) is 0 Å². The summed E-state index contributed by atoms with van der Waals surface area (Å²) in [6.45, 7) is 8.36. The van der Waals surface area contributed by atoms with E-state index in [0.717, 1.165) is 5.57 Å². The predicted molar refractivity (Wildman–Crippen MR) is 80.3 cm³/mol. The first-order valence-corrected chi connectivity index (χ1v) is 6.16. The number of hydrogen-bond donors (Lipinski definition) is 0. The maximum atomic E-state index is 4.14. The number of rotatable bonds is 3. The van der Waals surface area contributed by atoms with Crippen LogP contribution >= 0.6 is 0 Å². The third-order valence-corrected chi connectivity index (χ3v) is 3.04. The molecule has 0 aliphatic carbocycles. The van der Waals surface area contributed by atoms with E-state index >= 15 is 0 Å². The van der Waals surface area contributed by atoms with E-state index in [-0.39, 0.29) is 0 Å². The lowest BCUT2D eigenvalue weighted by Crippen LogP contribution is -1.83. The van der Waals surface area contributed by atoms with Gasteiger partial charge in [-0.05, 0) is 36.1 Å². The second-order valence-corrected chi connectivity index (χ2v) is 4.58. The second-order valence-electron chi connectivity index (χ2n) is 4.58. The van der Waals surface area contributed by atoms with Crippen molar-refractivity contribution in [3.05, 3.63) is 83.9 Å². The molecule has 0 heterocycles. The lowest BCUT2D eigenvalue weighted by atomic mass is 10.0. The lowest BCUT2D eigenvalue weighted by Gasteiger charge is -2.05. The molecule has 0 aliphatic heterocycles. The zero-order valence-electron chi connectivity index (χ0n) is 11.0. The van der Waals surface area contributed by atoms with Crippen LogP contribution in [0.25, 0.3) is 11.1 Å². The summed E-state index contributed by atoms with van der Waals surface area (Å²) < 4.78 is 0. The maximum absolute atomic E-state index is 4.14. The number of hydrogen-bond acceptors (Lipinski definition) is 0. The van der Waals surface area contributed by atoms with E-state index < -0.39 is 0 Å². The van der Waals surface area contributed by atoms with Crippen LogP contribution in [0.1, 0.15) is 23.6 Å². The summed E-state index contributed by atoms with van der Waals surface area (Å²) in [5.41, 5.74) is 5.98. The maximum Gasteiger partial charge on any atom is -0.0190 e. The SMILES string of the molecule is C=C(/C=C(\C)c1ccccc1)c1ccc(C)cc1. The number of benzene rings is 2. The molecule has 0 aliphatic rings. The minimum atomic E-state index is 1.05. The van der Waals surface area contributed by atoms with Crippen LogP contribution in [-0.4, -0.2) is 0 Å². The van der Waals surface area contributed by atoms with Crippen LogP contribution < -0.4 is 0 Å². The molecular formula is C18H18. The fraction of sp³-hybridized carbons (Fsp3) is 0.111. The highest BCUT2D eigenvalue weighted by atomic mass is 14.0. The molecule has 0 amide bonds. The van der Waals surface area contributed by atoms with Gasteiger partial charge in [0.25, 0.3) is 0 Å². The molecule has 0 atom stereocenters. The Kier molecular flexibility index (Phi) is 3.78.